The standard InChI is InChI=1S/C20H27N5O2S/c1-22-4-2-16(12-19(22)26)14-24-7-5-23(6-8-24)9-10-25-20(27)13-17-15-28-11-3-18(17)21-25/h2,4,12-13H,3,5-11,14-15H2,1H3. The van der Waals surface area contributed by atoms with E-state index >= 15 is 0 Å². The summed E-state index contributed by atoms with van der Waals surface area (Å²) in [4.78, 5) is 28.9. The molecule has 1 fully saturated rings. The Morgan fingerprint density at radius 3 is 2.61 bits per heavy atom. The van der Waals surface area contributed by atoms with Crippen LogP contribution in [-0.4, -0.2) is 62.6 Å². The SMILES string of the molecule is Cn1ccc(CN2CCN(CCn3nc4c(cc3=O)CSCC4)CC2)cc1=O. The number of hydrogen-bond donors (Lipinski definition) is 0. The van der Waals surface area contributed by atoms with E-state index in [9.17, 15) is 9.59 Å². The quantitative estimate of drug-likeness (QED) is 0.729. The molecule has 8 heteroatoms. The minimum atomic E-state index is 0.0190. The van der Waals surface area contributed by atoms with Gasteiger partial charge in [0.2, 0.25) is 0 Å². The van der Waals surface area contributed by atoms with Crippen LogP contribution in [0.4, 0.5) is 0 Å². The molecule has 0 unspecified atom stereocenters. The van der Waals surface area contributed by atoms with Crippen LogP contribution < -0.4 is 11.1 Å². The molecule has 0 atom stereocenters. The number of aromatic nitrogens is 3. The highest BCUT2D eigenvalue weighted by atomic mass is 32.2. The molecule has 0 bridgehead atoms. The fraction of sp³-hybridized carbons (Fsp3) is 0.550. The first-order valence-corrected chi connectivity index (χ1v) is 11.0. The molecule has 0 radical (unpaired) electrons. The molecule has 0 N–H and O–H groups in total. The summed E-state index contributed by atoms with van der Waals surface area (Å²) in [5.74, 6) is 2.00. The number of thioether (sulfide) groups is 1. The van der Waals surface area contributed by atoms with Crippen molar-refractivity contribution >= 4 is 11.8 Å². The summed E-state index contributed by atoms with van der Waals surface area (Å²) in [5.41, 5.74) is 3.34. The van der Waals surface area contributed by atoms with Crippen molar-refractivity contribution < 1.29 is 0 Å². The smallest absolute Gasteiger partial charge is 0.267 e. The Labute approximate surface area is 169 Å². The molecule has 0 saturated carbocycles. The van der Waals surface area contributed by atoms with Crippen molar-refractivity contribution in [2.45, 2.75) is 25.3 Å². The van der Waals surface area contributed by atoms with E-state index in [1.54, 1.807) is 28.4 Å². The van der Waals surface area contributed by atoms with Crippen molar-refractivity contribution in [3.05, 3.63) is 61.9 Å². The van der Waals surface area contributed by atoms with Crippen LogP contribution in [0, 0.1) is 0 Å². The van der Waals surface area contributed by atoms with E-state index in [0.29, 0.717) is 6.54 Å². The number of nitrogens with zero attached hydrogens (tertiary/aromatic N) is 5. The van der Waals surface area contributed by atoms with Gasteiger partial charge in [-0.3, -0.25) is 19.4 Å². The summed E-state index contributed by atoms with van der Waals surface area (Å²) in [6, 6.07) is 5.51. The maximum absolute atomic E-state index is 12.3. The van der Waals surface area contributed by atoms with Gasteiger partial charge in [-0.05, 0) is 22.9 Å². The third kappa shape index (κ3) is 4.56. The Morgan fingerprint density at radius 1 is 1.04 bits per heavy atom. The zero-order valence-electron chi connectivity index (χ0n) is 16.3. The molecule has 1 saturated heterocycles. The normalized spacial score (nSPS) is 18.2. The Balaban J connectivity index is 1.28. The fourth-order valence-corrected chi connectivity index (χ4v) is 4.72. The Morgan fingerprint density at radius 2 is 1.82 bits per heavy atom. The zero-order chi connectivity index (χ0) is 19.5. The van der Waals surface area contributed by atoms with Crippen molar-refractivity contribution in [3.8, 4) is 0 Å². The number of hydrogen-bond acceptors (Lipinski definition) is 6. The number of aryl methyl sites for hydroxylation is 2. The molecule has 4 heterocycles. The van der Waals surface area contributed by atoms with Crippen molar-refractivity contribution in [2.24, 2.45) is 7.05 Å². The van der Waals surface area contributed by atoms with E-state index in [4.69, 9.17) is 0 Å². The Hall–Kier alpha value is -1.90. The van der Waals surface area contributed by atoms with Crippen LogP contribution in [0.3, 0.4) is 0 Å². The van der Waals surface area contributed by atoms with E-state index < -0.39 is 0 Å². The second-order valence-electron chi connectivity index (χ2n) is 7.58. The van der Waals surface area contributed by atoms with E-state index in [1.165, 1.54) is 0 Å². The van der Waals surface area contributed by atoms with Gasteiger partial charge >= 0.3 is 0 Å². The lowest BCUT2D eigenvalue weighted by atomic mass is 10.2. The molecule has 2 aliphatic rings. The maximum atomic E-state index is 12.3. The van der Waals surface area contributed by atoms with Gasteiger partial charge in [0.1, 0.15) is 0 Å². The van der Waals surface area contributed by atoms with E-state index in [1.807, 2.05) is 24.0 Å². The predicted octanol–water partition coefficient (Wildman–Crippen LogP) is 0.549. The van der Waals surface area contributed by atoms with Gasteiger partial charge in [-0.25, -0.2) is 4.68 Å². The molecule has 2 aromatic heterocycles. The van der Waals surface area contributed by atoms with Crippen LogP contribution in [0.15, 0.2) is 34.0 Å². The van der Waals surface area contributed by atoms with Gasteiger partial charge in [0.05, 0.1) is 12.2 Å². The van der Waals surface area contributed by atoms with E-state index in [2.05, 4.69) is 14.9 Å². The lowest BCUT2D eigenvalue weighted by Crippen LogP contribution is -2.47. The molecule has 2 aromatic rings. The van der Waals surface area contributed by atoms with E-state index in [0.717, 1.165) is 74.0 Å². The van der Waals surface area contributed by atoms with Crippen LogP contribution in [0.2, 0.25) is 0 Å². The second kappa shape index (κ2) is 8.63. The highest BCUT2D eigenvalue weighted by Crippen LogP contribution is 2.21. The molecule has 28 heavy (non-hydrogen) atoms. The van der Waals surface area contributed by atoms with Gasteiger partial charge in [0.15, 0.2) is 0 Å². The molecule has 150 valence electrons. The van der Waals surface area contributed by atoms with Crippen LogP contribution in [-0.2, 0) is 32.3 Å². The van der Waals surface area contributed by atoms with Crippen LogP contribution in [0.5, 0.6) is 0 Å². The summed E-state index contributed by atoms with van der Waals surface area (Å²) in [7, 11) is 1.77. The highest BCUT2D eigenvalue weighted by molar-refractivity contribution is 7.98. The van der Waals surface area contributed by atoms with Crippen LogP contribution in [0.1, 0.15) is 16.8 Å². The molecule has 0 aliphatic carbocycles. The average Bonchev–Trinajstić information content (AvgIpc) is 2.70. The predicted molar refractivity (Wildman–Crippen MR) is 112 cm³/mol. The number of rotatable bonds is 5. The lowest BCUT2D eigenvalue weighted by Gasteiger charge is -2.34. The summed E-state index contributed by atoms with van der Waals surface area (Å²) in [6.45, 7) is 6.20. The minimum Gasteiger partial charge on any atom is -0.319 e. The van der Waals surface area contributed by atoms with Crippen molar-refractivity contribution in [3.63, 3.8) is 0 Å². The fourth-order valence-electron chi connectivity index (χ4n) is 3.77. The molecule has 0 amide bonds. The minimum absolute atomic E-state index is 0.0190. The summed E-state index contributed by atoms with van der Waals surface area (Å²) in [5, 5.41) is 4.61. The van der Waals surface area contributed by atoms with Gasteiger partial charge in [0.25, 0.3) is 11.1 Å². The molecule has 4 rings (SSSR count). The summed E-state index contributed by atoms with van der Waals surface area (Å²) < 4.78 is 3.23. The first kappa shape index (κ1) is 19.4. The van der Waals surface area contributed by atoms with Crippen LogP contribution in [0.25, 0.3) is 0 Å². The average molecular weight is 402 g/mol. The number of piperazine rings is 1. The van der Waals surface area contributed by atoms with Gasteiger partial charge in [0, 0.05) is 76.8 Å². The van der Waals surface area contributed by atoms with Crippen LogP contribution >= 0.6 is 11.8 Å². The maximum Gasteiger partial charge on any atom is 0.267 e. The molecule has 0 spiro atoms. The summed E-state index contributed by atoms with van der Waals surface area (Å²) in [6.07, 6.45) is 2.79. The molecule has 0 aromatic carbocycles. The Kier molecular flexibility index (Phi) is 5.99. The van der Waals surface area contributed by atoms with Crippen molar-refractivity contribution in [1.29, 1.82) is 0 Å². The van der Waals surface area contributed by atoms with Gasteiger partial charge in [-0.15, -0.1) is 0 Å². The molecular weight excluding hydrogens is 374 g/mol. The Bertz CT molecular complexity index is 946. The third-order valence-corrected chi connectivity index (χ3v) is 6.58. The van der Waals surface area contributed by atoms with Crippen molar-refractivity contribution in [1.82, 2.24) is 24.1 Å². The largest absolute Gasteiger partial charge is 0.319 e. The zero-order valence-corrected chi connectivity index (χ0v) is 17.2. The molecular formula is C20H27N5O2S. The number of pyridine rings is 1. The van der Waals surface area contributed by atoms with Crippen molar-refractivity contribution in [2.75, 3.05) is 38.5 Å². The summed E-state index contributed by atoms with van der Waals surface area (Å²) >= 11 is 1.87. The number of fused-ring (bicyclic) bond motifs is 1. The van der Waals surface area contributed by atoms with Gasteiger partial charge < -0.3 is 4.57 Å². The topological polar surface area (TPSA) is 63.4 Å². The molecule has 7 nitrogen and oxygen atoms in total. The van der Waals surface area contributed by atoms with Gasteiger partial charge in [-0.2, -0.15) is 16.9 Å². The second-order valence-corrected chi connectivity index (χ2v) is 8.69. The van der Waals surface area contributed by atoms with E-state index in [-0.39, 0.29) is 11.1 Å². The lowest BCUT2D eigenvalue weighted by molar-refractivity contribution is 0.122. The third-order valence-electron chi connectivity index (χ3n) is 5.57. The molecule has 2 aliphatic heterocycles. The van der Waals surface area contributed by atoms with Gasteiger partial charge in [-0.1, -0.05) is 0 Å². The first-order chi connectivity index (χ1) is 13.6. The highest BCUT2D eigenvalue weighted by Gasteiger charge is 2.18. The monoisotopic (exact) mass is 401 g/mol. The first-order valence-electron chi connectivity index (χ1n) is 9.86.